The number of benzene rings is 1. The molecule has 3 rings (SSSR count). The molecule has 1 aromatic carbocycles. The second-order valence-corrected chi connectivity index (χ2v) is 8.85. The Bertz CT molecular complexity index is 785. The molecule has 1 atom stereocenters. The molecule has 2 aliphatic heterocycles. The zero-order chi connectivity index (χ0) is 21.7. The second-order valence-electron chi connectivity index (χ2n) is 7.92. The molecule has 9 heteroatoms. The van der Waals surface area contributed by atoms with Crippen molar-refractivity contribution in [3.63, 3.8) is 0 Å². The summed E-state index contributed by atoms with van der Waals surface area (Å²) in [6.07, 6.45) is -0.362. The molecule has 2 fully saturated rings. The van der Waals surface area contributed by atoms with Crippen molar-refractivity contribution < 1.29 is 23.9 Å². The molecule has 8 nitrogen and oxygen atoms in total. The van der Waals surface area contributed by atoms with Gasteiger partial charge in [0.1, 0.15) is 6.54 Å². The molecule has 0 radical (unpaired) electrons. The first-order valence-electron chi connectivity index (χ1n) is 10.0. The van der Waals surface area contributed by atoms with Crippen LogP contribution in [-0.2, 0) is 25.7 Å². The normalized spacial score (nSPS) is 20.3. The number of hydrogen-bond acceptors (Lipinski definition) is 6. The lowest BCUT2D eigenvalue weighted by Crippen LogP contribution is -2.46. The van der Waals surface area contributed by atoms with Gasteiger partial charge in [-0.1, -0.05) is 55.9 Å². The minimum atomic E-state index is -0.424. The van der Waals surface area contributed by atoms with Crippen LogP contribution in [-0.4, -0.2) is 82.2 Å². The van der Waals surface area contributed by atoms with E-state index >= 15 is 0 Å². The molecule has 4 amide bonds. The van der Waals surface area contributed by atoms with E-state index in [0.29, 0.717) is 19.7 Å². The summed E-state index contributed by atoms with van der Waals surface area (Å²) in [6, 6.07) is 9.70. The average Bonchev–Trinajstić information content (AvgIpc) is 2.93. The van der Waals surface area contributed by atoms with Gasteiger partial charge in [-0.2, -0.15) is 0 Å². The Morgan fingerprint density at radius 1 is 1.13 bits per heavy atom. The summed E-state index contributed by atoms with van der Waals surface area (Å²) in [4.78, 5) is 53.4. The predicted molar refractivity (Wildman–Crippen MR) is 113 cm³/mol. The van der Waals surface area contributed by atoms with Gasteiger partial charge >= 0.3 is 0 Å². The van der Waals surface area contributed by atoms with E-state index in [2.05, 4.69) is 0 Å². The molecular formula is C21H27N3O5S. The van der Waals surface area contributed by atoms with Gasteiger partial charge in [0.05, 0.1) is 25.0 Å². The van der Waals surface area contributed by atoms with Crippen LogP contribution >= 0.6 is 11.8 Å². The highest BCUT2D eigenvalue weighted by molar-refractivity contribution is 8.14. The Morgan fingerprint density at radius 3 is 2.50 bits per heavy atom. The van der Waals surface area contributed by atoms with Crippen LogP contribution in [0.4, 0.5) is 4.79 Å². The van der Waals surface area contributed by atoms with Gasteiger partial charge in [0, 0.05) is 19.6 Å². The quantitative estimate of drug-likeness (QED) is 0.649. The fourth-order valence-corrected chi connectivity index (χ4v) is 4.17. The zero-order valence-corrected chi connectivity index (χ0v) is 18.1. The molecule has 2 saturated heterocycles. The zero-order valence-electron chi connectivity index (χ0n) is 17.3. The SMILES string of the molecule is CC(C)CN1CC(OCc2ccccc2)CN(C(=O)CN2C(=O)CSC2=O)CC1=O. The van der Waals surface area contributed by atoms with Crippen LogP contribution in [0.1, 0.15) is 19.4 Å². The van der Waals surface area contributed by atoms with Crippen LogP contribution in [0.25, 0.3) is 0 Å². The van der Waals surface area contributed by atoms with Crippen LogP contribution in [0.2, 0.25) is 0 Å². The third-order valence-corrected chi connectivity index (χ3v) is 5.79. The molecular weight excluding hydrogens is 406 g/mol. The van der Waals surface area contributed by atoms with Crippen LogP contribution in [0.5, 0.6) is 0 Å². The van der Waals surface area contributed by atoms with Crippen LogP contribution in [0, 0.1) is 5.92 Å². The number of rotatable bonds is 7. The number of carbonyl (C=O) groups is 4. The third-order valence-electron chi connectivity index (χ3n) is 4.93. The smallest absolute Gasteiger partial charge is 0.289 e. The molecule has 2 heterocycles. The van der Waals surface area contributed by atoms with Crippen LogP contribution in [0.15, 0.2) is 30.3 Å². The monoisotopic (exact) mass is 433 g/mol. The summed E-state index contributed by atoms with van der Waals surface area (Å²) in [5.41, 5.74) is 1.01. The first kappa shape index (κ1) is 22.3. The van der Waals surface area contributed by atoms with E-state index in [1.807, 2.05) is 44.2 Å². The van der Waals surface area contributed by atoms with E-state index < -0.39 is 11.1 Å². The number of amides is 4. The minimum Gasteiger partial charge on any atom is -0.370 e. The number of thioether (sulfide) groups is 1. The fourth-order valence-electron chi connectivity index (χ4n) is 3.45. The van der Waals surface area contributed by atoms with E-state index in [0.717, 1.165) is 22.2 Å². The standard InChI is InChI=1S/C21H27N3O5S/c1-15(2)8-22-9-17(29-13-16-6-4-3-5-7-16)10-23(11-18(22)25)19(26)12-24-20(27)14-30-21(24)28/h3-7,15,17H,8-14H2,1-2H3. The summed E-state index contributed by atoms with van der Waals surface area (Å²) < 4.78 is 6.06. The molecule has 0 N–H and O–H groups in total. The highest BCUT2D eigenvalue weighted by atomic mass is 32.2. The van der Waals surface area contributed by atoms with Gasteiger partial charge in [0.25, 0.3) is 5.24 Å². The lowest BCUT2D eigenvalue weighted by Gasteiger charge is -2.26. The number of imide groups is 1. The van der Waals surface area contributed by atoms with Gasteiger partial charge in [-0.25, -0.2) is 0 Å². The fraction of sp³-hybridized carbons (Fsp3) is 0.524. The molecule has 0 saturated carbocycles. The summed E-state index contributed by atoms with van der Waals surface area (Å²) in [6.45, 7) is 5.21. The van der Waals surface area contributed by atoms with E-state index in [1.165, 1.54) is 4.90 Å². The molecule has 1 unspecified atom stereocenters. The highest BCUT2D eigenvalue weighted by Crippen LogP contribution is 2.19. The number of nitrogens with zero attached hydrogens (tertiary/aromatic N) is 3. The van der Waals surface area contributed by atoms with Crippen molar-refractivity contribution in [3.05, 3.63) is 35.9 Å². The Labute approximate surface area is 180 Å². The number of hydrogen-bond donors (Lipinski definition) is 0. The highest BCUT2D eigenvalue weighted by Gasteiger charge is 2.36. The molecule has 0 aliphatic carbocycles. The maximum Gasteiger partial charge on any atom is 0.289 e. The third kappa shape index (κ3) is 5.82. The summed E-state index contributed by atoms with van der Waals surface area (Å²) >= 11 is 0.887. The molecule has 30 heavy (non-hydrogen) atoms. The van der Waals surface area contributed by atoms with Crippen LogP contribution < -0.4 is 0 Å². The lowest BCUT2D eigenvalue weighted by molar-refractivity contribution is -0.140. The van der Waals surface area contributed by atoms with Gasteiger partial charge in [-0.05, 0) is 11.5 Å². The molecule has 0 spiro atoms. The van der Waals surface area contributed by atoms with Gasteiger partial charge in [0.2, 0.25) is 17.7 Å². The maximum absolute atomic E-state index is 12.8. The summed E-state index contributed by atoms with van der Waals surface area (Å²) in [5, 5.41) is -0.423. The second kappa shape index (κ2) is 10.1. The van der Waals surface area contributed by atoms with Gasteiger partial charge in [-0.15, -0.1) is 0 Å². The Hall–Kier alpha value is -2.39. The van der Waals surface area contributed by atoms with Crippen molar-refractivity contribution in [1.82, 2.24) is 14.7 Å². The van der Waals surface area contributed by atoms with Gasteiger partial charge < -0.3 is 14.5 Å². The first-order valence-corrected chi connectivity index (χ1v) is 11.0. The van der Waals surface area contributed by atoms with Crippen molar-refractivity contribution in [1.29, 1.82) is 0 Å². The number of carbonyl (C=O) groups excluding carboxylic acids is 4. The predicted octanol–water partition coefficient (Wildman–Crippen LogP) is 1.59. The Morgan fingerprint density at radius 2 is 1.87 bits per heavy atom. The number of ether oxygens (including phenoxy) is 1. The average molecular weight is 434 g/mol. The molecule has 0 aromatic heterocycles. The summed E-state index contributed by atoms with van der Waals surface area (Å²) in [7, 11) is 0. The van der Waals surface area contributed by atoms with E-state index in [4.69, 9.17) is 4.74 Å². The minimum absolute atomic E-state index is 0.0516. The van der Waals surface area contributed by atoms with Gasteiger partial charge in [-0.3, -0.25) is 24.1 Å². The van der Waals surface area contributed by atoms with E-state index in [9.17, 15) is 19.2 Å². The van der Waals surface area contributed by atoms with Crippen molar-refractivity contribution in [2.45, 2.75) is 26.6 Å². The topological polar surface area (TPSA) is 87.2 Å². The maximum atomic E-state index is 12.8. The van der Waals surface area contributed by atoms with Gasteiger partial charge in [0.15, 0.2) is 0 Å². The van der Waals surface area contributed by atoms with Crippen molar-refractivity contribution in [2.75, 3.05) is 38.5 Å². The van der Waals surface area contributed by atoms with E-state index in [1.54, 1.807) is 4.90 Å². The van der Waals surface area contributed by atoms with Crippen molar-refractivity contribution >= 4 is 34.7 Å². The molecule has 2 aliphatic rings. The molecule has 162 valence electrons. The molecule has 1 aromatic rings. The first-order chi connectivity index (χ1) is 14.3. The van der Waals surface area contributed by atoms with Crippen LogP contribution in [0.3, 0.4) is 0 Å². The Kier molecular flexibility index (Phi) is 7.49. The largest absolute Gasteiger partial charge is 0.370 e. The lowest BCUT2D eigenvalue weighted by atomic mass is 10.2. The summed E-state index contributed by atoms with van der Waals surface area (Å²) in [5.74, 6) is -0.625. The molecule has 0 bridgehead atoms. The van der Waals surface area contributed by atoms with Crippen molar-refractivity contribution in [3.8, 4) is 0 Å². The Balaban J connectivity index is 1.70. The van der Waals surface area contributed by atoms with Crippen molar-refractivity contribution in [2.24, 2.45) is 5.92 Å². The van der Waals surface area contributed by atoms with E-state index in [-0.39, 0.29) is 49.2 Å².